The van der Waals surface area contributed by atoms with E-state index in [1.54, 1.807) is 0 Å². The van der Waals surface area contributed by atoms with Crippen molar-refractivity contribution < 1.29 is 27.9 Å². The molecular weight excluding hydrogens is 491 g/mol. The van der Waals surface area contributed by atoms with E-state index in [2.05, 4.69) is 10.0 Å². The molecule has 0 spiro atoms. The van der Waals surface area contributed by atoms with E-state index in [4.69, 9.17) is 27.9 Å². The molecule has 0 aromatic heterocycles. The summed E-state index contributed by atoms with van der Waals surface area (Å²) in [6.07, 6.45) is 1.24. The Morgan fingerprint density at radius 1 is 1.18 bits per heavy atom. The number of carbonyl (C=O) groups is 2. The van der Waals surface area contributed by atoms with Crippen molar-refractivity contribution in [2.75, 3.05) is 13.7 Å². The summed E-state index contributed by atoms with van der Waals surface area (Å²) in [6.45, 7) is 1.95. The predicted octanol–water partition coefficient (Wildman–Crippen LogP) is 3.22. The van der Waals surface area contributed by atoms with Gasteiger partial charge in [-0.1, -0.05) is 35.3 Å². The molecule has 0 amide bonds. The highest BCUT2D eigenvalue weighted by Crippen LogP contribution is 2.40. The maximum Gasteiger partial charge on any atom is 0.321 e. The number of hydrogen-bond acceptors (Lipinski definition) is 7. The van der Waals surface area contributed by atoms with Gasteiger partial charge in [-0.25, -0.2) is 13.1 Å². The van der Waals surface area contributed by atoms with Crippen molar-refractivity contribution >= 4 is 45.0 Å². The minimum absolute atomic E-state index is 0.0643. The average Bonchev–Trinajstić information content (AvgIpc) is 3.31. The minimum atomic E-state index is -4.31. The van der Waals surface area contributed by atoms with Crippen LogP contribution in [0.15, 0.2) is 47.4 Å². The van der Waals surface area contributed by atoms with Gasteiger partial charge in [0.15, 0.2) is 5.78 Å². The van der Waals surface area contributed by atoms with Crippen LogP contribution in [0.3, 0.4) is 0 Å². The van der Waals surface area contributed by atoms with Gasteiger partial charge in [0.25, 0.3) is 0 Å². The summed E-state index contributed by atoms with van der Waals surface area (Å²) in [5.74, 6) is -1.46. The summed E-state index contributed by atoms with van der Waals surface area (Å²) < 4.78 is 34.1. The third kappa shape index (κ3) is 5.33. The van der Waals surface area contributed by atoms with E-state index in [-0.39, 0.29) is 26.3 Å². The number of phenolic OH excluding ortho intramolecular Hbond substituents is 1. The Balaban J connectivity index is 2.16. The number of rotatable bonds is 8. The highest BCUT2D eigenvalue weighted by atomic mass is 35.5. The quantitative estimate of drug-likeness (QED) is 0.365. The first-order valence-corrected chi connectivity index (χ1v) is 12.4. The van der Waals surface area contributed by atoms with Crippen LogP contribution < -0.4 is 10.0 Å². The number of Topliss-reactive ketones (excluding diaryl/α,β-unsaturated/α-hetero) is 1. The van der Waals surface area contributed by atoms with Crippen molar-refractivity contribution in [2.24, 2.45) is 5.41 Å². The Hall–Kier alpha value is -2.17. The zero-order valence-corrected chi connectivity index (χ0v) is 20.3. The first-order valence-electron chi connectivity index (χ1n) is 10.1. The molecule has 1 aliphatic rings. The van der Waals surface area contributed by atoms with Crippen LogP contribution in [0.5, 0.6) is 5.75 Å². The summed E-state index contributed by atoms with van der Waals surface area (Å²) in [7, 11) is -3.17. The van der Waals surface area contributed by atoms with Crippen molar-refractivity contribution in [3.05, 3.63) is 58.1 Å². The molecule has 1 aliphatic heterocycles. The van der Waals surface area contributed by atoms with Gasteiger partial charge in [0.05, 0.1) is 24.1 Å². The lowest BCUT2D eigenvalue weighted by Crippen LogP contribution is -2.54. The normalized spacial score (nSPS) is 19.0. The topological polar surface area (TPSA) is 122 Å². The molecule has 11 heteroatoms. The molecule has 8 nitrogen and oxygen atoms in total. The molecule has 0 bridgehead atoms. The fraction of sp³-hybridized carbons (Fsp3) is 0.364. The molecule has 1 fully saturated rings. The molecule has 3 N–H and O–H groups in total. The molecule has 178 valence electrons. The lowest BCUT2D eigenvalue weighted by Gasteiger charge is -2.36. The van der Waals surface area contributed by atoms with Crippen LogP contribution in [0.25, 0.3) is 0 Å². The number of hydrogen-bond donors (Lipinski definition) is 3. The number of halogens is 2. The van der Waals surface area contributed by atoms with Gasteiger partial charge < -0.3 is 15.2 Å². The number of esters is 1. The smallest absolute Gasteiger partial charge is 0.321 e. The molecule has 1 heterocycles. The molecule has 1 saturated heterocycles. The van der Waals surface area contributed by atoms with Crippen molar-refractivity contribution in [3.63, 3.8) is 0 Å². The van der Waals surface area contributed by atoms with Gasteiger partial charge in [0.1, 0.15) is 11.2 Å². The first kappa shape index (κ1) is 25.5. The van der Waals surface area contributed by atoms with Gasteiger partial charge in [0, 0.05) is 10.0 Å². The lowest BCUT2D eigenvalue weighted by molar-refractivity contribution is -0.159. The van der Waals surface area contributed by atoms with E-state index < -0.39 is 39.3 Å². The van der Waals surface area contributed by atoms with E-state index in [9.17, 15) is 23.1 Å². The number of ketones is 1. The summed E-state index contributed by atoms with van der Waals surface area (Å²) in [5, 5.41) is 13.0. The van der Waals surface area contributed by atoms with Crippen LogP contribution in [0.4, 0.5) is 0 Å². The average molecular weight is 515 g/mol. The fourth-order valence-electron chi connectivity index (χ4n) is 3.94. The van der Waals surface area contributed by atoms with Crippen molar-refractivity contribution in [3.8, 4) is 5.75 Å². The van der Waals surface area contributed by atoms with Gasteiger partial charge in [-0.15, -0.1) is 0 Å². The number of carbonyl (C=O) groups excluding carboxylic acids is 2. The Bertz CT molecular complexity index is 1130. The number of sulfonamides is 1. The summed E-state index contributed by atoms with van der Waals surface area (Å²) in [6, 6.07) is 7.34. The molecule has 3 rings (SSSR count). The Labute approximate surface area is 202 Å². The molecule has 33 heavy (non-hydrogen) atoms. The maximum atomic E-state index is 13.6. The van der Waals surface area contributed by atoms with Gasteiger partial charge >= 0.3 is 5.97 Å². The molecule has 2 aromatic rings. The predicted molar refractivity (Wildman–Crippen MR) is 124 cm³/mol. The lowest BCUT2D eigenvalue weighted by atomic mass is 9.73. The van der Waals surface area contributed by atoms with E-state index in [0.717, 1.165) is 13.5 Å². The van der Waals surface area contributed by atoms with Crippen LogP contribution in [0, 0.1) is 5.41 Å². The number of methoxy groups -OCH3 is 1. The van der Waals surface area contributed by atoms with Crippen LogP contribution in [-0.2, 0) is 24.3 Å². The third-order valence-corrected chi connectivity index (χ3v) is 7.56. The summed E-state index contributed by atoms with van der Waals surface area (Å²) in [4.78, 5) is 26.4. The molecular formula is C22H24Cl2N2O6S. The van der Waals surface area contributed by atoms with Gasteiger partial charge in [-0.2, -0.15) is 0 Å². The second-order valence-corrected chi connectivity index (χ2v) is 10.5. The Kier molecular flexibility index (Phi) is 7.70. The van der Waals surface area contributed by atoms with E-state index in [0.29, 0.717) is 13.0 Å². The zero-order valence-electron chi connectivity index (χ0n) is 18.0. The van der Waals surface area contributed by atoms with Crippen molar-refractivity contribution in [1.82, 2.24) is 10.0 Å². The summed E-state index contributed by atoms with van der Waals surface area (Å²) >= 11 is 12.0. The number of benzene rings is 2. The Morgan fingerprint density at radius 3 is 2.30 bits per heavy atom. The zero-order chi connectivity index (χ0) is 24.4. The molecule has 0 radical (unpaired) electrons. The van der Waals surface area contributed by atoms with Gasteiger partial charge in [0.2, 0.25) is 10.0 Å². The molecule has 3 atom stereocenters. The standard InChI is InChI=1S/C22H24Cl2N2O6S/c1-22(21(29)32-2,20(28)18-4-3-9-25-18)19(13-5-7-16(27)8-6-13)26-33(30,31)17-11-14(23)10-15(24)12-17/h5-8,10-12,18-19,25-27H,3-4,9H2,1-2H3/t18-,19+,22-/m0/s1. The van der Waals surface area contributed by atoms with Crippen LogP contribution in [0.2, 0.25) is 10.0 Å². The van der Waals surface area contributed by atoms with E-state index >= 15 is 0 Å². The summed E-state index contributed by atoms with van der Waals surface area (Å²) in [5.41, 5.74) is -1.65. The largest absolute Gasteiger partial charge is 0.508 e. The molecule has 0 saturated carbocycles. The highest BCUT2D eigenvalue weighted by Gasteiger charge is 2.53. The van der Waals surface area contributed by atoms with E-state index in [1.165, 1.54) is 49.4 Å². The van der Waals surface area contributed by atoms with Crippen LogP contribution in [-0.4, -0.2) is 45.0 Å². The fourth-order valence-corrected chi connectivity index (χ4v) is 5.97. The van der Waals surface area contributed by atoms with Crippen LogP contribution >= 0.6 is 23.2 Å². The number of ether oxygens (including phenoxy) is 1. The van der Waals surface area contributed by atoms with Crippen molar-refractivity contribution in [1.29, 1.82) is 0 Å². The van der Waals surface area contributed by atoms with Crippen molar-refractivity contribution in [2.45, 2.75) is 36.7 Å². The minimum Gasteiger partial charge on any atom is -0.508 e. The second-order valence-electron chi connectivity index (χ2n) is 7.96. The number of aromatic hydroxyl groups is 1. The molecule has 0 unspecified atom stereocenters. The monoisotopic (exact) mass is 514 g/mol. The van der Waals surface area contributed by atoms with Gasteiger partial charge in [-0.3, -0.25) is 9.59 Å². The second kappa shape index (κ2) is 9.99. The number of phenols is 1. The van der Waals surface area contributed by atoms with Gasteiger partial charge in [-0.05, 0) is 62.2 Å². The van der Waals surface area contributed by atoms with Crippen LogP contribution in [0.1, 0.15) is 31.4 Å². The molecule has 0 aliphatic carbocycles. The third-order valence-electron chi connectivity index (χ3n) is 5.72. The molecule has 2 aromatic carbocycles. The first-order chi connectivity index (χ1) is 15.5. The Morgan fingerprint density at radius 2 is 1.79 bits per heavy atom. The SMILES string of the molecule is COC(=O)[C@](C)(C(=O)[C@@H]1CCCN1)[C@H](NS(=O)(=O)c1cc(Cl)cc(Cl)c1)c1ccc(O)cc1. The maximum absolute atomic E-state index is 13.6. The number of nitrogens with one attached hydrogen (secondary N) is 2. The van der Waals surface area contributed by atoms with E-state index in [1.807, 2.05) is 0 Å². The highest BCUT2D eigenvalue weighted by molar-refractivity contribution is 7.89.